The molecule has 0 atom stereocenters. The SMILES string of the molecule is COCC(=O)NC1CCN(S(=O)(=O)c2cccc(Cl)c2C)CC1. The molecule has 6 nitrogen and oxygen atoms in total. The zero-order valence-corrected chi connectivity index (χ0v) is 14.8. The van der Waals surface area contributed by atoms with E-state index in [9.17, 15) is 13.2 Å². The molecule has 0 aromatic heterocycles. The molecule has 0 saturated carbocycles. The number of methoxy groups -OCH3 is 1. The molecule has 1 aromatic rings. The van der Waals surface area contributed by atoms with Crippen molar-refractivity contribution >= 4 is 27.5 Å². The molecule has 1 aliphatic rings. The summed E-state index contributed by atoms with van der Waals surface area (Å²) in [5.41, 5.74) is 0.560. The van der Waals surface area contributed by atoms with Crippen LogP contribution in [0.2, 0.25) is 5.02 Å². The minimum atomic E-state index is -3.57. The second kappa shape index (κ2) is 7.61. The molecule has 0 unspecified atom stereocenters. The lowest BCUT2D eigenvalue weighted by atomic mass is 10.1. The van der Waals surface area contributed by atoms with Crippen molar-refractivity contribution in [3.63, 3.8) is 0 Å². The van der Waals surface area contributed by atoms with Crippen LogP contribution in [-0.4, -0.2) is 51.5 Å². The molecule has 1 aliphatic heterocycles. The molecule has 1 amide bonds. The van der Waals surface area contributed by atoms with Gasteiger partial charge in [-0.15, -0.1) is 0 Å². The van der Waals surface area contributed by atoms with Crippen molar-refractivity contribution in [1.82, 2.24) is 9.62 Å². The predicted octanol–water partition coefficient (Wildman–Crippen LogP) is 1.56. The van der Waals surface area contributed by atoms with Gasteiger partial charge in [-0.2, -0.15) is 4.31 Å². The summed E-state index contributed by atoms with van der Waals surface area (Å²) in [6, 6.07) is 4.86. The summed E-state index contributed by atoms with van der Waals surface area (Å²) < 4.78 is 31.7. The highest BCUT2D eigenvalue weighted by atomic mass is 35.5. The zero-order chi connectivity index (χ0) is 17.0. The first-order valence-corrected chi connectivity index (χ1v) is 9.21. The summed E-state index contributed by atoms with van der Waals surface area (Å²) in [6.45, 7) is 2.45. The molecule has 0 bridgehead atoms. The Kier molecular flexibility index (Phi) is 6.02. The summed E-state index contributed by atoms with van der Waals surface area (Å²) in [6.07, 6.45) is 1.16. The Morgan fingerprint density at radius 1 is 1.39 bits per heavy atom. The Morgan fingerprint density at radius 3 is 2.65 bits per heavy atom. The molecule has 1 saturated heterocycles. The standard InChI is InChI=1S/C15H21ClN2O4S/c1-11-13(16)4-3-5-14(11)23(20,21)18-8-6-12(7-9-18)17-15(19)10-22-2/h3-5,12H,6-10H2,1-2H3,(H,17,19). The van der Waals surface area contributed by atoms with Gasteiger partial charge < -0.3 is 10.1 Å². The summed E-state index contributed by atoms with van der Waals surface area (Å²) in [5.74, 6) is -0.181. The average molecular weight is 361 g/mol. The topological polar surface area (TPSA) is 75.7 Å². The Hall–Kier alpha value is -1.15. The first-order valence-electron chi connectivity index (χ1n) is 7.40. The van der Waals surface area contributed by atoms with Crippen LogP contribution in [0.15, 0.2) is 23.1 Å². The molecule has 8 heteroatoms. The predicted molar refractivity (Wildman–Crippen MR) is 88.0 cm³/mol. The third-order valence-electron chi connectivity index (χ3n) is 3.93. The Bertz CT molecular complexity index is 670. The fourth-order valence-corrected chi connectivity index (χ4v) is 4.59. The van der Waals surface area contributed by atoms with Crippen molar-refractivity contribution in [2.45, 2.75) is 30.7 Å². The van der Waals surface area contributed by atoms with Crippen LogP contribution in [0.3, 0.4) is 0 Å². The van der Waals surface area contributed by atoms with E-state index in [-0.39, 0.29) is 23.5 Å². The molecule has 0 spiro atoms. The van der Waals surface area contributed by atoms with E-state index < -0.39 is 10.0 Å². The van der Waals surface area contributed by atoms with Gasteiger partial charge in [0.2, 0.25) is 15.9 Å². The molecule has 1 aromatic carbocycles. The Balaban J connectivity index is 2.04. The van der Waals surface area contributed by atoms with Gasteiger partial charge in [0.1, 0.15) is 6.61 Å². The van der Waals surface area contributed by atoms with E-state index in [4.69, 9.17) is 16.3 Å². The summed E-state index contributed by atoms with van der Waals surface area (Å²) in [7, 11) is -2.11. The number of ether oxygens (including phenoxy) is 1. The van der Waals surface area contributed by atoms with Crippen LogP contribution in [-0.2, 0) is 19.6 Å². The lowest BCUT2D eigenvalue weighted by molar-refractivity contribution is -0.125. The van der Waals surface area contributed by atoms with E-state index in [1.54, 1.807) is 25.1 Å². The number of sulfonamides is 1. The lowest BCUT2D eigenvalue weighted by Gasteiger charge is -2.32. The quantitative estimate of drug-likeness (QED) is 0.864. The fraction of sp³-hybridized carbons (Fsp3) is 0.533. The average Bonchev–Trinajstić information content (AvgIpc) is 2.50. The molecule has 128 valence electrons. The normalized spacial score (nSPS) is 17.2. The highest BCUT2D eigenvalue weighted by Crippen LogP contribution is 2.27. The number of benzene rings is 1. The van der Waals surface area contributed by atoms with Crippen LogP contribution in [0.1, 0.15) is 18.4 Å². The molecule has 2 rings (SSSR count). The molecule has 0 radical (unpaired) electrons. The minimum absolute atomic E-state index is 0.0141. The maximum atomic E-state index is 12.8. The number of hydrogen-bond donors (Lipinski definition) is 1. The molecular formula is C15H21ClN2O4S. The number of carbonyl (C=O) groups is 1. The van der Waals surface area contributed by atoms with E-state index in [1.165, 1.54) is 11.4 Å². The number of nitrogens with zero attached hydrogens (tertiary/aromatic N) is 1. The maximum Gasteiger partial charge on any atom is 0.246 e. The number of piperidine rings is 1. The second-order valence-corrected chi connectivity index (χ2v) is 7.86. The van der Waals surface area contributed by atoms with Crippen LogP contribution in [0.25, 0.3) is 0 Å². The number of halogens is 1. The van der Waals surface area contributed by atoms with E-state index in [1.807, 2.05) is 0 Å². The van der Waals surface area contributed by atoms with Crippen molar-refractivity contribution < 1.29 is 17.9 Å². The Labute approximate surface area is 141 Å². The monoisotopic (exact) mass is 360 g/mol. The smallest absolute Gasteiger partial charge is 0.246 e. The van der Waals surface area contributed by atoms with Gasteiger partial charge in [-0.25, -0.2) is 8.42 Å². The van der Waals surface area contributed by atoms with Gasteiger partial charge in [-0.3, -0.25) is 4.79 Å². The van der Waals surface area contributed by atoms with E-state index in [0.29, 0.717) is 36.5 Å². The number of rotatable bonds is 5. The number of carbonyl (C=O) groups excluding carboxylic acids is 1. The Morgan fingerprint density at radius 2 is 2.04 bits per heavy atom. The number of hydrogen-bond acceptors (Lipinski definition) is 4. The van der Waals surface area contributed by atoms with E-state index in [2.05, 4.69) is 5.32 Å². The van der Waals surface area contributed by atoms with Crippen LogP contribution < -0.4 is 5.32 Å². The van der Waals surface area contributed by atoms with Crippen LogP contribution in [0.4, 0.5) is 0 Å². The zero-order valence-electron chi connectivity index (χ0n) is 13.2. The van der Waals surface area contributed by atoms with Crippen molar-refractivity contribution in [1.29, 1.82) is 0 Å². The van der Waals surface area contributed by atoms with Gasteiger partial charge in [-0.05, 0) is 37.5 Å². The maximum absolute atomic E-state index is 12.8. The van der Waals surface area contributed by atoms with Gasteiger partial charge in [-0.1, -0.05) is 17.7 Å². The minimum Gasteiger partial charge on any atom is -0.375 e. The van der Waals surface area contributed by atoms with Gasteiger partial charge >= 0.3 is 0 Å². The van der Waals surface area contributed by atoms with E-state index in [0.717, 1.165) is 0 Å². The van der Waals surface area contributed by atoms with Gasteiger partial charge in [0.25, 0.3) is 0 Å². The van der Waals surface area contributed by atoms with Crippen molar-refractivity contribution in [3.05, 3.63) is 28.8 Å². The number of amides is 1. The molecular weight excluding hydrogens is 340 g/mol. The van der Waals surface area contributed by atoms with Crippen molar-refractivity contribution in [2.75, 3.05) is 26.8 Å². The van der Waals surface area contributed by atoms with Crippen LogP contribution in [0, 0.1) is 6.92 Å². The molecule has 1 fully saturated rings. The van der Waals surface area contributed by atoms with Gasteiger partial charge in [0.15, 0.2) is 0 Å². The first-order chi connectivity index (χ1) is 10.9. The van der Waals surface area contributed by atoms with Gasteiger partial charge in [0, 0.05) is 31.3 Å². The lowest BCUT2D eigenvalue weighted by Crippen LogP contribution is -2.47. The molecule has 23 heavy (non-hydrogen) atoms. The highest BCUT2D eigenvalue weighted by Gasteiger charge is 2.31. The first kappa shape index (κ1) is 18.2. The van der Waals surface area contributed by atoms with Crippen molar-refractivity contribution in [3.8, 4) is 0 Å². The molecule has 1 heterocycles. The van der Waals surface area contributed by atoms with Crippen LogP contribution >= 0.6 is 11.6 Å². The summed E-state index contributed by atoms with van der Waals surface area (Å²) >= 11 is 6.03. The number of nitrogens with one attached hydrogen (secondary N) is 1. The van der Waals surface area contributed by atoms with Crippen molar-refractivity contribution in [2.24, 2.45) is 0 Å². The van der Waals surface area contributed by atoms with E-state index >= 15 is 0 Å². The third-order valence-corrected chi connectivity index (χ3v) is 6.38. The fourth-order valence-electron chi connectivity index (χ4n) is 2.65. The van der Waals surface area contributed by atoms with Gasteiger partial charge in [0.05, 0.1) is 4.90 Å². The summed E-state index contributed by atoms with van der Waals surface area (Å²) in [4.78, 5) is 11.8. The largest absolute Gasteiger partial charge is 0.375 e. The molecule has 0 aliphatic carbocycles. The summed E-state index contributed by atoms with van der Waals surface area (Å²) in [5, 5.41) is 3.28. The highest BCUT2D eigenvalue weighted by molar-refractivity contribution is 7.89. The third kappa shape index (κ3) is 4.23. The molecule has 1 N–H and O–H groups in total. The van der Waals surface area contributed by atoms with Crippen LogP contribution in [0.5, 0.6) is 0 Å². The second-order valence-electron chi connectivity index (χ2n) is 5.54.